The highest BCUT2D eigenvalue weighted by Gasteiger charge is 2.18. The highest BCUT2D eigenvalue weighted by Crippen LogP contribution is 2.22. The van der Waals surface area contributed by atoms with E-state index in [1.165, 1.54) is 0 Å². The zero-order valence-corrected chi connectivity index (χ0v) is 12.0. The number of benzene rings is 1. The van der Waals surface area contributed by atoms with Gasteiger partial charge in [0.05, 0.1) is 18.9 Å². The van der Waals surface area contributed by atoms with Crippen LogP contribution in [0.25, 0.3) is 16.9 Å². The molecule has 7 nitrogen and oxygen atoms in total. The molecule has 0 bridgehead atoms. The molecule has 0 aliphatic carbocycles. The third kappa shape index (κ3) is 2.25. The zero-order chi connectivity index (χ0) is 14.9. The Hall–Kier alpha value is -2.67. The smallest absolute Gasteiger partial charge is 0.232 e. The molecule has 2 N–H and O–H groups in total. The summed E-state index contributed by atoms with van der Waals surface area (Å²) in [6.07, 6.45) is 0. The third-order valence-electron chi connectivity index (χ3n) is 3.69. The number of hydrogen-bond donors (Lipinski definition) is 1. The summed E-state index contributed by atoms with van der Waals surface area (Å²) in [4.78, 5) is 10.8. The van der Waals surface area contributed by atoms with Crippen LogP contribution >= 0.6 is 0 Å². The van der Waals surface area contributed by atoms with Crippen molar-refractivity contribution in [3.63, 3.8) is 0 Å². The number of rotatable bonds is 2. The Bertz CT molecular complexity index is 794. The molecular formula is C15H16N6O. The van der Waals surface area contributed by atoms with Crippen molar-refractivity contribution in [2.24, 2.45) is 0 Å². The molecule has 1 aliphatic heterocycles. The molecule has 0 amide bonds. The van der Waals surface area contributed by atoms with Gasteiger partial charge in [0.1, 0.15) is 0 Å². The molecular weight excluding hydrogens is 280 g/mol. The van der Waals surface area contributed by atoms with E-state index in [2.05, 4.69) is 20.0 Å². The Labute approximate surface area is 127 Å². The van der Waals surface area contributed by atoms with Crippen LogP contribution in [0.15, 0.2) is 36.4 Å². The molecule has 0 saturated carbocycles. The Morgan fingerprint density at radius 3 is 2.59 bits per heavy atom. The fourth-order valence-electron chi connectivity index (χ4n) is 2.61. The SMILES string of the molecule is Nc1nc(N2CCOCC2)n2nc(-c3ccccc3)cc2n1. The number of morpholine rings is 1. The number of hydrogen-bond acceptors (Lipinski definition) is 6. The van der Waals surface area contributed by atoms with Gasteiger partial charge < -0.3 is 15.4 Å². The monoisotopic (exact) mass is 296 g/mol. The predicted molar refractivity (Wildman–Crippen MR) is 83.7 cm³/mol. The normalized spacial score (nSPS) is 15.4. The third-order valence-corrected chi connectivity index (χ3v) is 3.69. The number of nitrogens with zero attached hydrogens (tertiary/aromatic N) is 5. The maximum Gasteiger partial charge on any atom is 0.232 e. The van der Waals surface area contributed by atoms with Crippen LogP contribution in [0.4, 0.5) is 11.9 Å². The van der Waals surface area contributed by atoms with Crippen LogP contribution in [0.2, 0.25) is 0 Å². The minimum absolute atomic E-state index is 0.258. The maximum atomic E-state index is 5.86. The van der Waals surface area contributed by atoms with Gasteiger partial charge in [-0.2, -0.15) is 19.6 Å². The van der Waals surface area contributed by atoms with Crippen LogP contribution in [0.5, 0.6) is 0 Å². The molecule has 0 radical (unpaired) electrons. The molecule has 3 heterocycles. The first kappa shape index (κ1) is 13.0. The fourth-order valence-corrected chi connectivity index (χ4v) is 2.61. The summed E-state index contributed by atoms with van der Waals surface area (Å²) in [5.74, 6) is 0.974. The number of aromatic nitrogens is 4. The van der Waals surface area contributed by atoms with E-state index in [0.29, 0.717) is 24.8 Å². The van der Waals surface area contributed by atoms with Gasteiger partial charge >= 0.3 is 0 Å². The lowest BCUT2D eigenvalue weighted by Gasteiger charge is -2.27. The van der Waals surface area contributed by atoms with Crippen LogP contribution in [0, 0.1) is 0 Å². The van der Waals surface area contributed by atoms with Gasteiger partial charge in [-0.1, -0.05) is 30.3 Å². The molecule has 0 spiro atoms. The molecule has 112 valence electrons. The Balaban J connectivity index is 1.84. The molecule has 1 aliphatic rings. The van der Waals surface area contributed by atoms with Crippen molar-refractivity contribution in [3.05, 3.63) is 36.4 Å². The Morgan fingerprint density at radius 2 is 1.82 bits per heavy atom. The standard InChI is InChI=1S/C15H16N6O/c16-14-17-13-10-12(11-4-2-1-3-5-11)19-21(13)15(18-14)20-6-8-22-9-7-20/h1-5,10H,6-9H2,(H2,16,17). The number of anilines is 2. The highest BCUT2D eigenvalue weighted by molar-refractivity contribution is 5.65. The Morgan fingerprint density at radius 1 is 1.05 bits per heavy atom. The van der Waals surface area contributed by atoms with Crippen LogP contribution in [-0.4, -0.2) is 45.9 Å². The van der Waals surface area contributed by atoms with Gasteiger partial charge in [0.15, 0.2) is 5.65 Å². The van der Waals surface area contributed by atoms with Crippen molar-refractivity contribution in [1.29, 1.82) is 0 Å². The number of nitrogen functional groups attached to an aromatic ring is 1. The highest BCUT2D eigenvalue weighted by atomic mass is 16.5. The molecule has 4 rings (SSSR count). The quantitative estimate of drug-likeness (QED) is 0.765. The van der Waals surface area contributed by atoms with Crippen LogP contribution < -0.4 is 10.6 Å². The minimum atomic E-state index is 0.258. The lowest BCUT2D eigenvalue weighted by atomic mass is 10.2. The average Bonchev–Trinajstić information content (AvgIpc) is 2.99. The van der Waals surface area contributed by atoms with Crippen molar-refractivity contribution in [2.45, 2.75) is 0 Å². The second-order valence-corrected chi connectivity index (χ2v) is 5.15. The zero-order valence-electron chi connectivity index (χ0n) is 12.0. The summed E-state index contributed by atoms with van der Waals surface area (Å²) in [7, 11) is 0. The first-order valence-corrected chi connectivity index (χ1v) is 7.23. The van der Waals surface area contributed by atoms with E-state index >= 15 is 0 Å². The van der Waals surface area contributed by atoms with E-state index in [9.17, 15) is 0 Å². The minimum Gasteiger partial charge on any atom is -0.378 e. The van der Waals surface area contributed by atoms with Crippen molar-refractivity contribution < 1.29 is 4.74 Å². The first-order valence-electron chi connectivity index (χ1n) is 7.23. The van der Waals surface area contributed by atoms with E-state index < -0.39 is 0 Å². The van der Waals surface area contributed by atoms with Gasteiger partial charge in [-0.05, 0) is 0 Å². The van der Waals surface area contributed by atoms with Crippen molar-refractivity contribution in [3.8, 4) is 11.3 Å². The summed E-state index contributed by atoms with van der Waals surface area (Å²) < 4.78 is 7.15. The van der Waals surface area contributed by atoms with E-state index in [4.69, 9.17) is 10.5 Å². The van der Waals surface area contributed by atoms with E-state index in [0.717, 1.165) is 24.3 Å². The van der Waals surface area contributed by atoms with E-state index in [1.54, 1.807) is 4.52 Å². The predicted octanol–water partition coefficient (Wildman–Crippen LogP) is 1.21. The van der Waals surface area contributed by atoms with Crippen LogP contribution in [-0.2, 0) is 4.74 Å². The lowest BCUT2D eigenvalue weighted by molar-refractivity contribution is 0.122. The summed E-state index contributed by atoms with van der Waals surface area (Å²) in [6, 6.07) is 11.9. The molecule has 1 saturated heterocycles. The second-order valence-electron chi connectivity index (χ2n) is 5.15. The molecule has 1 aromatic carbocycles. The molecule has 1 fully saturated rings. The second kappa shape index (κ2) is 5.27. The van der Waals surface area contributed by atoms with Crippen molar-refractivity contribution in [1.82, 2.24) is 19.6 Å². The lowest BCUT2D eigenvalue weighted by Crippen LogP contribution is -2.38. The largest absolute Gasteiger partial charge is 0.378 e. The van der Waals surface area contributed by atoms with Gasteiger partial charge in [-0.15, -0.1) is 0 Å². The molecule has 22 heavy (non-hydrogen) atoms. The molecule has 7 heteroatoms. The number of nitrogens with two attached hydrogens (primary N) is 1. The topological polar surface area (TPSA) is 81.6 Å². The molecule has 0 atom stereocenters. The maximum absolute atomic E-state index is 5.86. The van der Waals surface area contributed by atoms with Gasteiger partial charge in [0.25, 0.3) is 0 Å². The van der Waals surface area contributed by atoms with Gasteiger partial charge in [0.2, 0.25) is 11.9 Å². The van der Waals surface area contributed by atoms with E-state index in [1.807, 2.05) is 36.4 Å². The first-order chi connectivity index (χ1) is 10.8. The van der Waals surface area contributed by atoms with Crippen LogP contribution in [0.1, 0.15) is 0 Å². The molecule has 3 aromatic rings. The number of fused-ring (bicyclic) bond motifs is 1. The van der Waals surface area contributed by atoms with Gasteiger partial charge in [-0.25, -0.2) is 0 Å². The number of ether oxygens (including phenoxy) is 1. The Kier molecular flexibility index (Phi) is 3.12. The average molecular weight is 296 g/mol. The summed E-state index contributed by atoms with van der Waals surface area (Å²) in [6.45, 7) is 2.90. The fraction of sp³-hybridized carbons (Fsp3) is 0.267. The summed E-state index contributed by atoms with van der Waals surface area (Å²) in [5, 5.41) is 4.65. The van der Waals surface area contributed by atoms with Crippen molar-refractivity contribution in [2.75, 3.05) is 36.9 Å². The van der Waals surface area contributed by atoms with Gasteiger partial charge in [-0.3, -0.25) is 0 Å². The summed E-state index contributed by atoms with van der Waals surface area (Å²) >= 11 is 0. The van der Waals surface area contributed by atoms with E-state index in [-0.39, 0.29) is 5.95 Å². The molecule has 2 aromatic heterocycles. The summed E-state index contributed by atoms with van der Waals surface area (Å²) in [5.41, 5.74) is 8.46. The van der Waals surface area contributed by atoms with Crippen LogP contribution in [0.3, 0.4) is 0 Å². The molecule has 0 unspecified atom stereocenters. The van der Waals surface area contributed by atoms with Crippen molar-refractivity contribution >= 4 is 17.5 Å². The van der Waals surface area contributed by atoms with Gasteiger partial charge in [0, 0.05) is 24.7 Å².